The van der Waals surface area contributed by atoms with Crippen molar-refractivity contribution in [2.45, 2.75) is 38.0 Å². The number of likely N-dealkylation sites (tertiary alicyclic amines) is 1. The molecule has 0 aromatic carbocycles. The van der Waals surface area contributed by atoms with Crippen LogP contribution in [0.15, 0.2) is 0 Å². The van der Waals surface area contributed by atoms with Gasteiger partial charge in [0.25, 0.3) is 0 Å². The van der Waals surface area contributed by atoms with E-state index in [0.717, 1.165) is 18.2 Å². The quantitative estimate of drug-likeness (QED) is 0.489. The molecule has 2 heteroatoms. The average molecular weight is 140 g/mol. The second-order valence-electron chi connectivity index (χ2n) is 3.70. The van der Waals surface area contributed by atoms with Gasteiger partial charge in [-0.25, -0.2) is 0 Å². The molecule has 2 aliphatic rings. The fraction of sp³-hybridized carbons (Fsp3) is 1.00. The van der Waals surface area contributed by atoms with Gasteiger partial charge >= 0.3 is 0 Å². The van der Waals surface area contributed by atoms with Crippen molar-refractivity contribution in [2.24, 2.45) is 0 Å². The van der Waals surface area contributed by atoms with Gasteiger partial charge in [0, 0.05) is 12.1 Å². The van der Waals surface area contributed by atoms with E-state index in [0.29, 0.717) is 0 Å². The van der Waals surface area contributed by atoms with Crippen molar-refractivity contribution in [2.75, 3.05) is 14.1 Å². The molecule has 0 saturated carbocycles. The van der Waals surface area contributed by atoms with Crippen LogP contribution in [0.5, 0.6) is 0 Å². The maximum Gasteiger partial charge on any atom is 0.0623 e. The van der Waals surface area contributed by atoms with Crippen molar-refractivity contribution in [3.05, 3.63) is 0 Å². The number of piperidine rings is 1. The molecule has 0 aromatic rings. The van der Waals surface area contributed by atoms with E-state index in [1.807, 2.05) is 0 Å². The van der Waals surface area contributed by atoms with Gasteiger partial charge in [0.15, 0.2) is 0 Å². The Morgan fingerprint density at radius 1 is 1.10 bits per heavy atom. The molecule has 2 heterocycles. The first-order valence-corrected chi connectivity index (χ1v) is 4.15. The van der Waals surface area contributed by atoms with Crippen LogP contribution in [-0.4, -0.2) is 42.1 Å². The number of fused-ring (bicyclic) bond motifs is 2. The molecule has 10 heavy (non-hydrogen) atoms. The lowest BCUT2D eigenvalue weighted by Gasteiger charge is -2.26. The van der Waals surface area contributed by atoms with Crippen molar-refractivity contribution < 1.29 is 0 Å². The number of hydrogen-bond donors (Lipinski definition) is 0. The molecule has 0 radical (unpaired) electrons. The van der Waals surface area contributed by atoms with E-state index in [1.54, 1.807) is 0 Å². The van der Waals surface area contributed by atoms with Crippen LogP contribution >= 0.6 is 0 Å². The summed E-state index contributed by atoms with van der Waals surface area (Å²) in [4.78, 5) is 5.01. The smallest absolute Gasteiger partial charge is 0.0623 e. The van der Waals surface area contributed by atoms with Gasteiger partial charge in [-0.05, 0) is 33.9 Å². The number of hydrogen-bond acceptors (Lipinski definition) is 2. The zero-order valence-corrected chi connectivity index (χ0v) is 7.04. The Kier molecular flexibility index (Phi) is 1.29. The Bertz CT molecular complexity index is 122. The zero-order valence-electron chi connectivity index (χ0n) is 7.04. The van der Waals surface area contributed by atoms with Gasteiger partial charge in [0.2, 0.25) is 0 Å². The summed E-state index contributed by atoms with van der Waals surface area (Å²) in [6.45, 7) is 2.33. The Labute approximate surface area is 62.8 Å². The standard InChI is InChI=1S/C8H16N2/c1-6-7-4-5-8(9(6)2)10(7)3/h6-8H,4-5H2,1-3H3/t6?,7-,8+/m1/s1. The summed E-state index contributed by atoms with van der Waals surface area (Å²) in [5.41, 5.74) is 0. The van der Waals surface area contributed by atoms with E-state index in [2.05, 4.69) is 30.8 Å². The molecule has 2 aliphatic heterocycles. The molecule has 0 N–H and O–H groups in total. The predicted octanol–water partition coefficient (Wildman–Crippen LogP) is 0.741. The fourth-order valence-corrected chi connectivity index (χ4v) is 2.56. The number of rotatable bonds is 0. The highest BCUT2D eigenvalue weighted by Gasteiger charge is 2.45. The molecule has 2 fully saturated rings. The van der Waals surface area contributed by atoms with Crippen molar-refractivity contribution in [3.8, 4) is 0 Å². The molecular weight excluding hydrogens is 124 g/mol. The van der Waals surface area contributed by atoms with Gasteiger partial charge in [0.05, 0.1) is 6.17 Å². The maximum absolute atomic E-state index is 2.52. The third-order valence-corrected chi connectivity index (χ3v) is 3.38. The molecule has 1 unspecified atom stereocenters. The van der Waals surface area contributed by atoms with E-state index in [4.69, 9.17) is 0 Å². The lowest BCUT2D eigenvalue weighted by molar-refractivity contribution is 0.177. The summed E-state index contributed by atoms with van der Waals surface area (Å²) in [5, 5.41) is 0. The van der Waals surface area contributed by atoms with Crippen molar-refractivity contribution in [1.82, 2.24) is 9.80 Å². The van der Waals surface area contributed by atoms with Crippen LogP contribution in [0, 0.1) is 0 Å². The van der Waals surface area contributed by atoms with E-state index >= 15 is 0 Å². The minimum atomic E-state index is 0.750. The average Bonchev–Trinajstić information content (AvgIpc) is 2.34. The SMILES string of the molecule is CC1[C@H]2CC[C@@H](N1C)N2C. The van der Waals surface area contributed by atoms with Crippen LogP contribution in [0.2, 0.25) is 0 Å². The molecule has 0 amide bonds. The number of nitrogens with zero attached hydrogens (tertiary/aromatic N) is 2. The summed E-state index contributed by atoms with van der Waals surface area (Å²) >= 11 is 0. The Hall–Kier alpha value is -0.0800. The van der Waals surface area contributed by atoms with Crippen molar-refractivity contribution in [3.63, 3.8) is 0 Å². The minimum absolute atomic E-state index is 0.750. The molecular formula is C8H16N2. The second-order valence-corrected chi connectivity index (χ2v) is 3.70. The van der Waals surface area contributed by atoms with E-state index in [-0.39, 0.29) is 0 Å². The highest BCUT2D eigenvalue weighted by molar-refractivity contribution is 4.99. The van der Waals surface area contributed by atoms with Crippen LogP contribution < -0.4 is 0 Å². The maximum atomic E-state index is 2.52. The van der Waals surface area contributed by atoms with E-state index in [1.165, 1.54) is 12.8 Å². The molecule has 0 spiro atoms. The Balaban J connectivity index is 2.21. The van der Waals surface area contributed by atoms with Gasteiger partial charge in [-0.1, -0.05) is 0 Å². The normalized spacial score (nSPS) is 48.9. The predicted molar refractivity (Wildman–Crippen MR) is 41.8 cm³/mol. The van der Waals surface area contributed by atoms with E-state index < -0.39 is 0 Å². The lowest BCUT2D eigenvalue weighted by atomic mass is 10.0. The molecule has 2 rings (SSSR count). The summed E-state index contributed by atoms with van der Waals surface area (Å²) in [7, 11) is 4.49. The summed E-state index contributed by atoms with van der Waals surface area (Å²) < 4.78 is 0. The zero-order chi connectivity index (χ0) is 7.30. The lowest BCUT2D eigenvalue weighted by Crippen LogP contribution is -2.37. The Morgan fingerprint density at radius 3 is 2.10 bits per heavy atom. The second kappa shape index (κ2) is 1.95. The summed E-state index contributed by atoms with van der Waals surface area (Å²) in [6, 6.07) is 1.62. The number of likely N-dealkylation sites (N-methyl/N-ethyl adjacent to an activating group) is 2. The molecule has 3 atom stereocenters. The minimum Gasteiger partial charge on any atom is -0.287 e. The third-order valence-electron chi connectivity index (χ3n) is 3.38. The van der Waals surface area contributed by atoms with Crippen molar-refractivity contribution in [1.29, 1.82) is 0 Å². The van der Waals surface area contributed by atoms with Gasteiger partial charge in [0.1, 0.15) is 0 Å². The van der Waals surface area contributed by atoms with Crippen LogP contribution in [0.4, 0.5) is 0 Å². The first kappa shape index (κ1) is 6.62. The van der Waals surface area contributed by atoms with Gasteiger partial charge in [-0.2, -0.15) is 0 Å². The fourth-order valence-electron chi connectivity index (χ4n) is 2.56. The molecule has 2 saturated heterocycles. The van der Waals surface area contributed by atoms with Crippen LogP contribution in [0.25, 0.3) is 0 Å². The first-order chi connectivity index (χ1) is 4.72. The van der Waals surface area contributed by atoms with Gasteiger partial charge < -0.3 is 0 Å². The monoisotopic (exact) mass is 140 g/mol. The molecule has 0 aromatic heterocycles. The molecule has 2 nitrogen and oxygen atoms in total. The molecule has 0 aliphatic carbocycles. The van der Waals surface area contributed by atoms with Gasteiger partial charge in [-0.15, -0.1) is 0 Å². The molecule has 58 valence electrons. The van der Waals surface area contributed by atoms with Crippen molar-refractivity contribution >= 4 is 0 Å². The van der Waals surface area contributed by atoms with Gasteiger partial charge in [-0.3, -0.25) is 9.80 Å². The van der Waals surface area contributed by atoms with Crippen LogP contribution in [0.1, 0.15) is 19.8 Å². The third kappa shape index (κ3) is 0.611. The first-order valence-electron chi connectivity index (χ1n) is 4.15. The highest BCUT2D eigenvalue weighted by atomic mass is 15.4. The van der Waals surface area contributed by atoms with E-state index in [9.17, 15) is 0 Å². The Morgan fingerprint density at radius 2 is 1.80 bits per heavy atom. The summed E-state index contributed by atoms with van der Waals surface area (Å²) in [6.07, 6.45) is 3.54. The van der Waals surface area contributed by atoms with Crippen LogP contribution in [0.3, 0.4) is 0 Å². The summed E-state index contributed by atoms with van der Waals surface area (Å²) in [5.74, 6) is 0. The highest BCUT2D eigenvalue weighted by Crippen LogP contribution is 2.35. The molecule has 2 bridgehead atoms. The topological polar surface area (TPSA) is 6.48 Å². The largest absolute Gasteiger partial charge is 0.287 e. The van der Waals surface area contributed by atoms with Crippen LogP contribution in [-0.2, 0) is 0 Å².